The van der Waals surface area contributed by atoms with Crippen LogP contribution in [0.15, 0.2) is 0 Å². The van der Waals surface area contributed by atoms with Crippen LogP contribution in [0.1, 0.15) is 0 Å². The second-order valence-electron chi connectivity index (χ2n) is 0.986. The zero-order valence-corrected chi connectivity index (χ0v) is 6.65. The van der Waals surface area contributed by atoms with Gasteiger partial charge in [-0.2, -0.15) is 0 Å². The van der Waals surface area contributed by atoms with Gasteiger partial charge in [-0.15, -0.1) is 12.4 Å². The van der Waals surface area contributed by atoms with Crippen LogP contribution in [-0.2, 0) is 16.3 Å². The summed E-state index contributed by atoms with van der Waals surface area (Å²) in [5.74, 6) is 0. The van der Waals surface area contributed by atoms with Crippen molar-refractivity contribution in [3.8, 4) is 0 Å². The number of hydrogen-bond acceptors (Lipinski definition) is 2. The molecule has 0 bridgehead atoms. The summed E-state index contributed by atoms with van der Waals surface area (Å²) in [7, 11) is 1.40. The van der Waals surface area contributed by atoms with E-state index in [1.54, 1.807) is 0 Å². The highest BCUT2D eigenvalue weighted by Gasteiger charge is 1.95. The molecule has 0 saturated heterocycles. The highest BCUT2D eigenvalue weighted by atomic mass is 35.5. The van der Waals surface area contributed by atoms with E-state index in [9.17, 15) is 0 Å². The van der Waals surface area contributed by atoms with Crippen LogP contribution >= 0.6 is 18.9 Å². The highest BCUT2D eigenvalue weighted by Crippen LogP contribution is 2.34. The second kappa shape index (κ2) is 3.81. The molecule has 0 aliphatic heterocycles. The van der Waals surface area contributed by atoms with Crippen LogP contribution in [0.4, 0.5) is 0 Å². The molecule has 0 rings (SSSR count). The largest absolute Gasteiger partial charge is 0.345 e. The smallest absolute Gasteiger partial charge is 0.182 e. The standard InChI is InChI=1S/C2H7O2PS.ClH/c1-4-5(2,3)6;/h1-2H3,(H,3,6);1H. The molecule has 0 fully saturated rings. The molecule has 0 aromatic heterocycles. The maximum Gasteiger partial charge on any atom is 0.182 e. The van der Waals surface area contributed by atoms with Crippen molar-refractivity contribution >= 4 is 30.7 Å². The van der Waals surface area contributed by atoms with Gasteiger partial charge in [-0.1, -0.05) is 0 Å². The van der Waals surface area contributed by atoms with E-state index in [0.29, 0.717) is 0 Å². The average molecular weight is 163 g/mol. The molecular formula is C2H8ClO2PS. The van der Waals surface area contributed by atoms with E-state index < -0.39 is 6.49 Å². The summed E-state index contributed by atoms with van der Waals surface area (Å²) >= 11 is 4.43. The normalized spacial score (nSPS) is 17.0. The van der Waals surface area contributed by atoms with E-state index in [-0.39, 0.29) is 12.4 Å². The lowest BCUT2D eigenvalue weighted by atomic mass is 11.8. The van der Waals surface area contributed by atoms with Crippen LogP contribution in [-0.4, -0.2) is 18.7 Å². The van der Waals surface area contributed by atoms with Gasteiger partial charge in [0, 0.05) is 13.8 Å². The van der Waals surface area contributed by atoms with Gasteiger partial charge in [0.2, 0.25) is 0 Å². The van der Waals surface area contributed by atoms with Crippen molar-refractivity contribution in [1.82, 2.24) is 0 Å². The van der Waals surface area contributed by atoms with Crippen LogP contribution in [0.25, 0.3) is 0 Å². The molecule has 0 aliphatic rings. The molecule has 1 N–H and O–H groups in total. The van der Waals surface area contributed by atoms with Crippen molar-refractivity contribution in [2.75, 3.05) is 13.8 Å². The van der Waals surface area contributed by atoms with Crippen molar-refractivity contribution in [2.24, 2.45) is 0 Å². The Morgan fingerprint density at radius 2 is 1.86 bits per heavy atom. The van der Waals surface area contributed by atoms with Crippen LogP contribution < -0.4 is 0 Å². The van der Waals surface area contributed by atoms with Crippen LogP contribution in [0.5, 0.6) is 0 Å². The number of hydrogen-bond donors (Lipinski definition) is 1. The van der Waals surface area contributed by atoms with E-state index in [0.717, 1.165) is 0 Å². The predicted molar refractivity (Wildman–Crippen MR) is 36.7 cm³/mol. The lowest BCUT2D eigenvalue weighted by Crippen LogP contribution is -1.74. The van der Waals surface area contributed by atoms with Gasteiger partial charge in [-0.05, 0) is 11.8 Å². The zero-order chi connectivity index (χ0) is 5.21. The monoisotopic (exact) mass is 162 g/mol. The second-order valence-corrected chi connectivity index (χ2v) is 4.99. The van der Waals surface area contributed by atoms with E-state index >= 15 is 0 Å². The van der Waals surface area contributed by atoms with Crippen molar-refractivity contribution in [3.05, 3.63) is 0 Å². The van der Waals surface area contributed by atoms with Crippen LogP contribution in [0.2, 0.25) is 0 Å². The van der Waals surface area contributed by atoms with Gasteiger partial charge in [0.25, 0.3) is 0 Å². The molecule has 0 aliphatic carbocycles. The van der Waals surface area contributed by atoms with E-state index in [4.69, 9.17) is 4.89 Å². The minimum absolute atomic E-state index is 0. The van der Waals surface area contributed by atoms with Gasteiger partial charge < -0.3 is 9.42 Å². The maximum absolute atomic E-state index is 8.53. The third-order valence-corrected chi connectivity index (χ3v) is 1.46. The van der Waals surface area contributed by atoms with Crippen molar-refractivity contribution < 1.29 is 9.42 Å². The van der Waals surface area contributed by atoms with Gasteiger partial charge in [0.05, 0.1) is 0 Å². The summed E-state index contributed by atoms with van der Waals surface area (Å²) in [4.78, 5) is 8.53. The fraction of sp³-hybridized carbons (Fsp3) is 1.00. The highest BCUT2D eigenvalue weighted by molar-refractivity contribution is 8.09. The first-order valence-corrected chi connectivity index (χ1v) is 4.54. The fourth-order valence-electron chi connectivity index (χ4n) is 0. The molecular weight excluding hydrogens is 155 g/mol. The molecule has 0 aromatic carbocycles. The van der Waals surface area contributed by atoms with Gasteiger partial charge in [0.1, 0.15) is 0 Å². The molecule has 46 valence electrons. The van der Waals surface area contributed by atoms with Gasteiger partial charge in [-0.3, -0.25) is 0 Å². The first kappa shape index (κ1) is 10.8. The molecule has 0 saturated carbocycles. The number of rotatable bonds is 1. The Hall–Kier alpha value is 0.860. The van der Waals surface area contributed by atoms with Gasteiger partial charge in [0.15, 0.2) is 6.49 Å². The first-order valence-electron chi connectivity index (χ1n) is 1.42. The maximum atomic E-state index is 8.53. The summed E-state index contributed by atoms with van der Waals surface area (Å²) in [5, 5.41) is 0. The van der Waals surface area contributed by atoms with Crippen LogP contribution in [0.3, 0.4) is 0 Å². The Labute approximate surface area is 54.5 Å². The third kappa shape index (κ3) is 10.9. The number of halogens is 1. The minimum Gasteiger partial charge on any atom is -0.345 e. The lowest BCUT2D eigenvalue weighted by molar-refractivity contribution is 0.393. The molecule has 0 amide bonds. The van der Waals surface area contributed by atoms with Crippen molar-refractivity contribution in [1.29, 1.82) is 0 Å². The molecule has 0 spiro atoms. The summed E-state index contributed by atoms with van der Waals surface area (Å²) in [6.45, 7) is -0.811. The molecule has 7 heavy (non-hydrogen) atoms. The zero-order valence-electron chi connectivity index (χ0n) is 4.12. The molecule has 1 atom stereocenters. The fourth-order valence-corrected chi connectivity index (χ4v) is 0. The molecule has 0 heterocycles. The molecule has 0 aromatic rings. The predicted octanol–water partition coefficient (Wildman–Crippen LogP) is 0.986. The topological polar surface area (TPSA) is 29.5 Å². The quantitative estimate of drug-likeness (QED) is 0.583. The Balaban J connectivity index is 0. The Morgan fingerprint density at radius 1 is 1.71 bits per heavy atom. The summed E-state index contributed by atoms with van der Waals surface area (Å²) in [5.41, 5.74) is 0. The van der Waals surface area contributed by atoms with Gasteiger partial charge in [-0.25, -0.2) is 0 Å². The van der Waals surface area contributed by atoms with Gasteiger partial charge >= 0.3 is 0 Å². The summed E-state index contributed by atoms with van der Waals surface area (Å²) in [6, 6.07) is 0. The lowest BCUT2D eigenvalue weighted by Gasteiger charge is -2.01. The van der Waals surface area contributed by atoms with E-state index in [1.807, 2.05) is 0 Å². The van der Waals surface area contributed by atoms with Crippen molar-refractivity contribution in [3.63, 3.8) is 0 Å². The molecule has 5 heteroatoms. The Morgan fingerprint density at radius 3 is 1.86 bits per heavy atom. The average Bonchev–Trinajstić information content (AvgIpc) is 1.35. The van der Waals surface area contributed by atoms with E-state index in [1.165, 1.54) is 13.8 Å². The van der Waals surface area contributed by atoms with E-state index in [2.05, 4.69) is 16.3 Å². The summed E-state index contributed by atoms with van der Waals surface area (Å²) < 4.78 is 4.42. The Kier molecular flexibility index (Phi) is 5.87. The van der Waals surface area contributed by atoms with Crippen molar-refractivity contribution in [2.45, 2.75) is 0 Å². The molecule has 2 nitrogen and oxygen atoms in total. The SMILES string of the molecule is COP(C)(O)=S.Cl. The summed E-state index contributed by atoms with van der Waals surface area (Å²) in [6.07, 6.45) is 0. The first-order chi connectivity index (χ1) is 2.56. The van der Waals surface area contributed by atoms with Crippen LogP contribution in [0, 0.1) is 0 Å². The molecule has 0 radical (unpaired) electrons. The minimum atomic E-state index is -2.31. The Bertz CT molecular complexity index is 79.8. The third-order valence-electron chi connectivity index (χ3n) is 0.339. The molecule has 1 unspecified atom stereocenters.